The van der Waals surface area contributed by atoms with Crippen LogP contribution in [0.5, 0.6) is 5.75 Å². The molecule has 0 radical (unpaired) electrons. The summed E-state index contributed by atoms with van der Waals surface area (Å²) in [6.45, 7) is 0. The monoisotopic (exact) mass is 301 g/mol. The van der Waals surface area contributed by atoms with Gasteiger partial charge in [0.1, 0.15) is 0 Å². The summed E-state index contributed by atoms with van der Waals surface area (Å²) in [5.74, 6) is -8.28. The Bertz CT molecular complexity index is 705. The number of halogens is 4. The quantitative estimate of drug-likeness (QED) is 0.375. The highest BCUT2D eigenvalue weighted by Gasteiger charge is 2.30. The number of hydrogen-bond donors (Lipinski definition) is 0. The van der Waals surface area contributed by atoms with Crippen molar-refractivity contribution < 1.29 is 27.2 Å². The molecule has 2 aromatic carbocycles. The van der Waals surface area contributed by atoms with Gasteiger partial charge in [0.2, 0.25) is 11.6 Å². The van der Waals surface area contributed by atoms with E-state index in [1.807, 2.05) is 0 Å². The van der Waals surface area contributed by atoms with E-state index in [1.165, 1.54) is 12.1 Å². The van der Waals surface area contributed by atoms with E-state index in [0.29, 0.717) is 0 Å². The van der Waals surface area contributed by atoms with Gasteiger partial charge in [0, 0.05) is 6.07 Å². The molecule has 0 spiro atoms. The zero-order chi connectivity index (χ0) is 15.7. The largest absolute Gasteiger partial charge is 0.491 e. The normalized spacial score (nSPS) is 10.5. The van der Waals surface area contributed by atoms with E-state index in [2.05, 4.69) is 4.74 Å². The molecule has 0 aliphatic carbocycles. The van der Waals surface area contributed by atoms with Gasteiger partial charge >= 0.3 is 0 Å². The molecule has 0 N–H and O–H groups in total. The van der Waals surface area contributed by atoms with Gasteiger partial charge in [-0.25, -0.2) is 8.78 Å². The molecule has 0 saturated heterocycles. The van der Waals surface area contributed by atoms with Crippen LogP contribution >= 0.6 is 0 Å². The van der Waals surface area contributed by atoms with E-state index in [-0.39, 0.29) is 0 Å². The third-order valence-corrected chi connectivity index (χ3v) is 2.80. The second-order valence-corrected chi connectivity index (χ2v) is 3.94. The van der Waals surface area contributed by atoms with Gasteiger partial charge in [-0.15, -0.1) is 0 Å². The highest BCUT2D eigenvalue weighted by Crippen LogP contribution is 2.39. The van der Waals surface area contributed by atoms with Crippen LogP contribution in [0.2, 0.25) is 0 Å². The summed E-state index contributed by atoms with van der Waals surface area (Å²) in [7, 11) is 0.838. The molecule has 0 aliphatic heterocycles. The Morgan fingerprint density at radius 3 is 2.00 bits per heavy atom. The van der Waals surface area contributed by atoms with Crippen molar-refractivity contribution in [2.24, 2.45) is 0 Å². The van der Waals surface area contributed by atoms with Crippen molar-refractivity contribution in [3.8, 4) is 16.9 Å². The van der Waals surface area contributed by atoms with Crippen molar-refractivity contribution in [2.75, 3.05) is 7.11 Å². The second kappa shape index (κ2) is 5.39. The summed E-state index contributed by atoms with van der Waals surface area (Å²) in [4.78, 5) is 9.95. The summed E-state index contributed by atoms with van der Waals surface area (Å²) >= 11 is 0. The Labute approximate surface area is 115 Å². The van der Waals surface area contributed by atoms with Crippen molar-refractivity contribution in [1.29, 1.82) is 0 Å². The van der Waals surface area contributed by atoms with Crippen molar-refractivity contribution in [3.63, 3.8) is 0 Å². The molecular weight excluding hydrogens is 294 g/mol. The van der Waals surface area contributed by atoms with E-state index >= 15 is 0 Å². The SMILES string of the molecule is COc1c(F)c(F)c(-c2ccccc2[N+](=O)[O-])c(F)c1F. The minimum absolute atomic E-state index is 0.571. The maximum absolute atomic E-state index is 13.9. The number of ether oxygens (including phenoxy) is 1. The molecule has 0 aliphatic rings. The number of methoxy groups -OCH3 is 1. The van der Waals surface area contributed by atoms with Gasteiger partial charge in [-0.05, 0) is 6.07 Å². The van der Waals surface area contributed by atoms with Crippen molar-refractivity contribution >= 4 is 5.69 Å². The number of para-hydroxylation sites is 1. The topological polar surface area (TPSA) is 52.4 Å². The third-order valence-electron chi connectivity index (χ3n) is 2.80. The molecule has 0 heterocycles. The standard InChI is InChI=1S/C13H7F4NO3/c1-21-13-11(16)9(14)8(10(15)12(13)17)6-4-2-3-5-7(6)18(19)20/h2-5H,1H3. The fourth-order valence-corrected chi connectivity index (χ4v) is 1.87. The molecule has 0 bridgehead atoms. The van der Waals surface area contributed by atoms with Gasteiger partial charge < -0.3 is 4.74 Å². The number of nitrogens with zero attached hydrogens (tertiary/aromatic N) is 1. The molecule has 0 amide bonds. The lowest BCUT2D eigenvalue weighted by Gasteiger charge is -2.11. The smallest absolute Gasteiger partial charge is 0.277 e. The number of hydrogen-bond acceptors (Lipinski definition) is 3. The fraction of sp³-hybridized carbons (Fsp3) is 0.0769. The number of rotatable bonds is 3. The maximum Gasteiger partial charge on any atom is 0.277 e. The summed E-state index contributed by atoms with van der Waals surface area (Å²) < 4.78 is 59.4. The molecule has 4 nitrogen and oxygen atoms in total. The molecule has 8 heteroatoms. The average Bonchev–Trinajstić information content (AvgIpc) is 2.46. The Balaban J connectivity index is 2.86. The van der Waals surface area contributed by atoms with Crippen LogP contribution in [0.1, 0.15) is 0 Å². The first kappa shape index (κ1) is 14.8. The van der Waals surface area contributed by atoms with Gasteiger partial charge in [0.25, 0.3) is 5.69 Å². The Morgan fingerprint density at radius 2 is 1.52 bits per heavy atom. The number of nitro benzene ring substituents is 1. The van der Waals surface area contributed by atoms with Crippen LogP contribution in [-0.4, -0.2) is 12.0 Å². The van der Waals surface area contributed by atoms with E-state index in [4.69, 9.17) is 0 Å². The Kier molecular flexibility index (Phi) is 3.79. The van der Waals surface area contributed by atoms with E-state index in [9.17, 15) is 27.7 Å². The van der Waals surface area contributed by atoms with Crippen LogP contribution in [0.15, 0.2) is 24.3 Å². The van der Waals surface area contributed by atoms with Crippen LogP contribution in [-0.2, 0) is 0 Å². The van der Waals surface area contributed by atoms with Crippen molar-refractivity contribution in [1.82, 2.24) is 0 Å². The summed E-state index contributed by atoms with van der Waals surface area (Å²) in [6, 6.07) is 4.47. The third kappa shape index (κ3) is 2.28. The molecule has 21 heavy (non-hydrogen) atoms. The van der Waals surface area contributed by atoms with Crippen LogP contribution in [0.25, 0.3) is 11.1 Å². The number of benzene rings is 2. The zero-order valence-electron chi connectivity index (χ0n) is 10.5. The molecule has 0 aromatic heterocycles. The molecular formula is C13H7F4NO3. The van der Waals surface area contributed by atoms with Gasteiger partial charge in [-0.1, -0.05) is 12.1 Å². The lowest BCUT2D eigenvalue weighted by Crippen LogP contribution is -2.05. The highest BCUT2D eigenvalue weighted by atomic mass is 19.2. The minimum Gasteiger partial charge on any atom is -0.491 e. The lowest BCUT2D eigenvalue weighted by molar-refractivity contribution is -0.384. The Morgan fingerprint density at radius 1 is 1.00 bits per heavy atom. The predicted octanol–water partition coefficient (Wildman–Crippen LogP) is 3.83. The van der Waals surface area contributed by atoms with Crippen LogP contribution in [0.4, 0.5) is 23.2 Å². The molecule has 0 saturated carbocycles. The van der Waals surface area contributed by atoms with E-state index in [1.54, 1.807) is 0 Å². The van der Waals surface area contributed by atoms with Crippen LogP contribution in [0.3, 0.4) is 0 Å². The van der Waals surface area contributed by atoms with Crippen molar-refractivity contribution in [3.05, 3.63) is 57.6 Å². The fourth-order valence-electron chi connectivity index (χ4n) is 1.87. The first-order chi connectivity index (χ1) is 9.90. The predicted molar refractivity (Wildman–Crippen MR) is 64.9 cm³/mol. The highest BCUT2D eigenvalue weighted by molar-refractivity contribution is 5.75. The molecule has 0 unspecified atom stereocenters. The Hall–Kier alpha value is -2.64. The molecule has 2 rings (SSSR count). The average molecular weight is 301 g/mol. The van der Waals surface area contributed by atoms with E-state index in [0.717, 1.165) is 19.2 Å². The van der Waals surface area contributed by atoms with E-state index < -0.39 is 50.8 Å². The van der Waals surface area contributed by atoms with Crippen molar-refractivity contribution in [2.45, 2.75) is 0 Å². The second-order valence-electron chi connectivity index (χ2n) is 3.94. The van der Waals surface area contributed by atoms with Crippen LogP contribution < -0.4 is 4.74 Å². The molecule has 110 valence electrons. The summed E-state index contributed by atoms with van der Waals surface area (Å²) in [5.41, 5.74) is -2.41. The van der Waals surface area contributed by atoms with Gasteiger partial charge in [-0.3, -0.25) is 10.1 Å². The molecule has 0 atom stereocenters. The zero-order valence-corrected chi connectivity index (χ0v) is 10.5. The first-order valence-electron chi connectivity index (χ1n) is 5.53. The minimum atomic E-state index is -1.76. The van der Waals surface area contributed by atoms with Gasteiger partial charge in [-0.2, -0.15) is 8.78 Å². The number of nitro groups is 1. The maximum atomic E-state index is 13.9. The molecule has 2 aromatic rings. The lowest BCUT2D eigenvalue weighted by atomic mass is 10.0. The molecule has 0 fully saturated rings. The summed E-state index contributed by atoms with van der Waals surface area (Å²) in [5, 5.41) is 10.9. The first-order valence-corrected chi connectivity index (χ1v) is 5.53. The van der Waals surface area contributed by atoms with Gasteiger partial charge in [0.15, 0.2) is 17.4 Å². The van der Waals surface area contributed by atoms with Crippen LogP contribution in [0, 0.1) is 33.4 Å². The summed E-state index contributed by atoms with van der Waals surface area (Å²) in [6.07, 6.45) is 0. The van der Waals surface area contributed by atoms with Gasteiger partial charge in [0.05, 0.1) is 23.2 Å².